The van der Waals surface area contributed by atoms with Gasteiger partial charge < -0.3 is 15.4 Å². The van der Waals surface area contributed by atoms with Crippen LogP contribution < -0.4 is 15.4 Å². The second-order valence-electron chi connectivity index (χ2n) is 8.36. The number of nitrogens with one attached hydrogen (secondary N) is 2. The highest BCUT2D eigenvalue weighted by Gasteiger charge is 2.44. The Morgan fingerprint density at radius 2 is 2.00 bits per heavy atom. The monoisotopic (exact) mass is 412 g/mol. The van der Waals surface area contributed by atoms with Crippen molar-refractivity contribution in [1.82, 2.24) is 15.3 Å². The summed E-state index contributed by atoms with van der Waals surface area (Å²) in [6.07, 6.45) is 6.35. The average molecular weight is 413 g/mol. The quantitative estimate of drug-likeness (QED) is 0.747. The minimum atomic E-state index is -1.75. The van der Waals surface area contributed by atoms with Crippen LogP contribution in [-0.4, -0.2) is 40.7 Å². The molecule has 1 saturated carbocycles. The van der Waals surface area contributed by atoms with Gasteiger partial charge in [-0.2, -0.15) is 0 Å². The molecule has 160 valence electrons. The van der Waals surface area contributed by atoms with Crippen molar-refractivity contribution in [2.75, 3.05) is 18.5 Å². The molecule has 2 N–H and O–H groups in total. The molecule has 1 aliphatic carbocycles. The first-order valence-electron chi connectivity index (χ1n) is 10.8. The Balaban J connectivity index is 1.62. The molecule has 1 aliphatic heterocycles. The smallest absolute Gasteiger partial charge is 0.262 e. The molecular weight excluding hydrogens is 383 g/mol. The number of alkyl halides is 1. The van der Waals surface area contributed by atoms with Crippen LogP contribution in [0.15, 0.2) is 24.5 Å². The number of anilines is 1. The molecule has 0 unspecified atom stereocenters. The fourth-order valence-electron chi connectivity index (χ4n) is 4.13. The van der Waals surface area contributed by atoms with Crippen LogP contribution in [0.1, 0.15) is 49.9 Å². The van der Waals surface area contributed by atoms with Crippen LogP contribution >= 0.6 is 0 Å². The first-order valence-corrected chi connectivity index (χ1v) is 10.8. The summed E-state index contributed by atoms with van der Waals surface area (Å²) < 4.78 is 20.7. The molecule has 1 amide bonds. The second-order valence-corrected chi connectivity index (χ2v) is 8.36. The maximum absolute atomic E-state index is 14.5. The molecule has 2 fully saturated rings. The second kappa shape index (κ2) is 8.68. The highest BCUT2D eigenvalue weighted by molar-refractivity contribution is 5.98. The number of nitrogens with zero attached hydrogens (tertiary/aromatic N) is 2. The number of ether oxygens (including phenoxy) is 1. The third kappa shape index (κ3) is 4.31. The van der Waals surface area contributed by atoms with E-state index in [-0.39, 0.29) is 12.8 Å². The zero-order chi connectivity index (χ0) is 21.1. The highest BCUT2D eigenvalue weighted by atomic mass is 19.1. The number of rotatable bonds is 6. The Hall–Kier alpha value is -2.54. The number of amides is 1. The van der Waals surface area contributed by atoms with E-state index in [0.29, 0.717) is 24.1 Å². The van der Waals surface area contributed by atoms with Crippen molar-refractivity contribution < 1.29 is 13.9 Å². The predicted molar refractivity (Wildman–Crippen MR) is 114 cm³/mol. The van der Waals surface area contributed by atoms with Gasteiger partial charge in [0.25, 0.3) is 5.91 Å². The zero-order valence-corrected chi connectivity index (χ0v) is 17.6. The molecule has 2 aromatic rings. The SMILES string of the molecule is Cc1ncnc(C)c1-c1cc(NC(=O)C2(F)CCC2)ccc1OC[C@H]1CCCCN1. The van der Waals surface area contributed by atoms with Crippen LogP contribution in [0.3, 0.4) is 0 Å². The molecule has 6 nitrogen and oxygen atoms in total. The van der Waals surface area contributed by atoms with E-state index in [0.717, 1.165) is 41.9 Å². The van der Waals surface area contributed by atoms with E-state index in [1.807, 2.05) is 26.0 Å². The lowest BCUT2D eigenvalue weighted by Crippen LogP contribution is -2.44. The Bertz CT molecular complexity index is 903. The molecule has 1 saturated heterocycles. The average Bonchev–Trinajstić information content (AvgIpc) is 2.72. The third-order valence-corrected chi connectivity index (χ3v) is 6.14. The van der Waals surface area contributed by atoms with Crippen LogP contribution in [0.2, 0.25) is 0 Å². The van der Waals surface area contributed by atoms with Crippen LogP contribution in [0.25, 0.3) is 11.1 Å². The number of carbonyl (C=O) groups is 1. The number of halogens is 1. The van der Waals surface area contributed by atoms with Crippen LogP contribution in [0, 0.1) is 13.8 Å². The van der Waals surface area contributed by atoms with Gasteiger partial charge in [0.2, 0.25) is 0 Å². The molecule has 4 rings (SSSR count). The van der Waals surface area contributed by atoms with Crippen molar-refractivity contribution in [3.63, 3.8) is 0 Å². The number of carbonyl (C=O) groups excluding carboxylic acids is 1. The molecule has 0 bridgehead atoms. The Morgan fingerprint density at radius 1 is 1.23 bits per heavy atom. The number of hydrogen-bond acceptors (Lipinski definition) is 5. The first-order chi connectivity index (χ1) is 14.5. The zero-order valence-electron chi connectivity index (χ0n) is 17.6. The molecular formula is C23H29FN4O2. The lowest BCUT2D eigenvalue weighted by molar-refractivity contribution is -0.132. The lowest BCUT2D eigenvalue weighted by Gasteiger charge is -2.32. The molecule has 1 aromatic heterocycles. The standard InChI is InChI=1S/C23H29FN4O2/c1-15-21(16(2)27-14-26-15)19-12-17(28-22(29)23(24)9-5-10-23)7-8-20(19)30-13-18-6-3-4-11-25-18/h7-8,12,14,18,25H,3-6,9-11,13H2,1-2H3,(H,28,29)/t18-/m1/s1. The van der Waals surface area contributed by atoms with Crippen molar-refractivity contribution in [2.45, 2.75) is 64.1 Å². The van der Waals surface area contributed by atoms with E-state index in [1.54, 1.807) is 6.07 Å². The lowest BCUT2D eigenvalue weighted by atomic mass is 9.81. The largest absolute Gasteiger partial charge is 0.491 e. The van der Waals surface area contributed by atoms with E-state index < -0.39 is 11.6 Å². The Kier molecular flexibility index (Phi) is 5.99. The van der Waals surface area contributed by atoms with Crippen molar-refractivity contribution in [3.05, 3.63) is 35.9 Å². The molecule has 0 radical (unpaired) electrons. The maximum atomic E-state index is 14.5. The summed E-state index contributed by atoms with van der Waals surface area (Å²) in [5.41, 5.74) is 2.13. The molecule has 2 aliphatic rings. The van der Waals surface area contributed by atoms with E-state index >= 15 is 0 Å². The number of hydrogen-bond donors (Lipinski definition) is 2. The number of aromatic nitrogens is 2. The number of piperidine rings is 1. The van der Waals surface area contributed by atoms with Crippen LogP contribution in [-0.2, 0) is 4.79 Å². The fraction of sp³-hybridized carbons (Fsp3) is 0.522. The van der Waals surface area contributed by atoms with E-state index in [4.69, 9.17) is 4.74 Å². The summed E-state index contributed by atoms with van der Waals surface area (Å²) in [6.45, 7) is 5.43. The summed E-state index contributed by atoms with van der Waals surface area (Å²) in [7, 11) is 0. The van der Waals surface area contributed by atoms with Crippen molar-refractivity contribution >= 4 is 11.6 Å². The molecule has 2 heterocycles. The maximum Gasteiger partial charge on any atom is 0.262 e. The minimum Gasteiger partial charge on any atom is -0.491 e. The van der Waals surface area contributed by atoms with Crippen LogP contribution in [0.5, 0.6) is 5.75 Å². The summed E-state index contributed by atoms with van der Waals surface area (Å²) in [6, 6.07) is 5.76. The Labute approximate surface area is 176 Å². The van der Waals surface area contributed by atoms with Gasteiger partial charge in [-0.05, 0) is 70.7 Å². The molecule has 7 heteroatoms. The van der Waals surface area contributed by atoms with Gasteiger partial charge >= 0.3 is 0 Å². The van der Waals surface area contributed by atoms with Crippen molar-refractivity contribution in [2.24, 2.45) is 0 Å². The van der Waals surface area contributed by atoms with E-state index in [1.165, 1.54) is 19.2 Å². The molecule has 0 spiro atoms. The molecule has 1 aromatic carbocycles. The van der Waals surface area contributed by atoms with Gasteiger partial charge in [0.1, 0.15) is 18.7 Å². The Morgan fingerprint density at radius 3 is 2.63 bits per heavy atom. The molecule has 1 atom stereocenters. The van der Waals surface area contributed by atoms with Gasteiger partial charge in [0, 0.05) is 34.2 Å². The van der Waals surface area contributed by atoms with E-state index in [9.17, 15) is 9.18 Å². The summed E-state index contributed by atoms with van der Waals surface area (Å²) in [5, 5.41) is 6.23. The van der Waals surface area contributed by atoms with Gasteiger partial charge in [-0.1, -0.05) is 6.42 Å². The van der Waals surface area contributed by atoms with Crippen molar-refractivity contribution in [1.29, 1.82) is 0 Å². The van der Waals surface area contributed by atoms with Gasteiger partial charge in [-0.25, -0.2) is 14.4 Å². The first kappa shape index (κ1) is 20.7. The summed E-state index contributed by atoms with van der Waals surface area (Å²) in [4.78, 5) is 21.0. The summed E-state index contributed by atoms with van der Waals surface area (Å²) in [5.74, 6) is 0.137. The van der Waals surface area contributed by atoms with Crippen molar-refractivity contribution in [3.8, 4) is 16.9 Å². The molecule has 30 heavy (non-hydrogen) atoms. The van der Waals surface area contributed by atoms with Gasteiger partial charge in [-0.3, -0.25) is 4.79 Å². The van der Waals surface area contributed by atoms with Gasteiger partial charge in [-0.15, -0.1) is 0 Å². The van der Waals surface area contributed by atoms with E-state index in [2.05, 4.69) is 20.6 Å². The fourth-order valence-corrected chi connectivity index (χ4v) is 4.13. The van der Waals surface area contributed by atoms with Crippen LogP contribution in [0.4, 0.5) is 10.1 Å². The number of aryl methyl sites for hydroxylation is 2. The summed E-state index contributed by atoms with van der Waals surface area (Å²) >= 11 is 0. The van der Waals surface area contributed by atoms with Gasteiger partial charge in [0.05, 0.1) is 0 Å². The normalized spacial score (nSPS) is 20.3. The minimum absolute atomic E-state index is 0.284. The predicted octanol–water partition coefficient (Wildman–Crippen LogP) is 4.11. The highest BCUT2D eigenvalue weighted by Crippen LogP contribution is 2.39. The topological polar surface area (TPSA) is 76.1 Å². The van der Waals surface area contributed by atoms with Gasteiger partial charge in [0.15, 0.2) is 5.67 Å². The third-order valence-electron chi connectivity index (χ3n) is 6.14. The number of benzene rings is 1.